The van der Waals surface area contributed by atoms with Crippen LogP contribution in [0.4, 0.5) is 5.69 Å². The largest absolute Gasteiger partial charge is 0.494 e. The average molecular weight is 325 g/mol. The number of hydrogen-bond donors (Lipinski definition) is 2. The summed E-state index contributed by atoms with van der Waals surface area (Å²) in [5.74, 6) is 1.03. The van der Waals surface area contributed by atoms with Crippen LogP contribution in [0.25, 0.3) is 0 Å². The van der Waals surface area contributed by atoms with E-state index < -0.39 is 0 Å². The van der Waals surface area contributed by atoms with E-state index in [0.29, 0.717) is 29.5 Å². The molecule has 1 aliphatic rings. The maximum Gasteiger partial charge on any atom is 0.228 e. The number of aryl methyl sites for hydroxylation is 1. The van der Waals surface area contributed by atoms with Crippen LogP contribution in [-0.2, 0) is 11.4 Å². The lowest BCUT2D eigenvalue weighted by Gasteiger charge is -2.11. The zero-order valence-electron chi connectivity index (χ0n) is 14.1. The Morgan fingerprint density at radius 1 is 1.29 bits per heavy atom. The summed E-state index contributed by atoms with van der Waals surface area (Å²) in [6, 6.07) is 13.6. The first-order chi connectivity index (χ1) is 11.6. The van der Waals surface area contributed by atoms with E-state index in [2.05, 4.69) is 24.4 Å². The second-order valence-corrected chi connectivity index (χ2v) is 6.21. The molecule has 0 radical (unpaired) electrons. The van der Waals surface area contributed by atoms with E-state index in [1.54, 1.807) is 12.1 Å². The van der Waals surface area contributed by atoms with E-state index in [-0.39, 0.29) is 18.4 Å². The van der Waals surface area contributed by atoms with Crippen LogP contribution in [0.2, 0.25) is 0 Å². The summed E-state index contributed by atoms with van der Waals surface area (Å²) in [6.07, 6.45) is 0.889. The van der Waals surface area contributed by atoms with Crippen LogP contribution < -0.4 is 10.1 Å². The third-order valence-corrected chi connectivity index (χ3v) is 4.51. The molecule has 0 aromatic heterocycles. The summed E-state index contributed by atoms with van der Waals surface area (Å²) in [7, 11) is 0. The third kappa shape index (κ3) is 3.44. The van der Waals surface area contributed by atoms with Crippen molar-refractivity contribution < 1.29 is 14.6 Å². The van der Waals surface area contributed by atoms with Gasteiger partial charge in [-0.25, -0.2) is 0 Å². The van der Waals surface area contributed by atoms with E-state index in [1.807, 2.05) is 25.1 Å². The van der Waals surface area contributed by atoms with Crippen LogP contribution in [0.5, 0.6) is 5.75 Å². The molecule has 0 heterocycles. The lowest BCUT2D eigenvalue weighted by molar-refractivity contribution is -0.117. The molecule has 24 heavy (non-hydrogen) atoms. The second-order valence-electron chi connectivity index (χ2n) is 6.21. The molecule has 1 saturated carbocycles. The molecule has 4 nitrogen and oxygen atoms in total. The molecule has 2 aromatic rings. The van der Waals surface area contributed by atoms with Crippen LogP contribution in [0.1, 0.15) is 36.0 Å². The molecule has 2 unspecified atom stereocenters. The highest BCUT2D eigenvalue weighted by Gasteiger charge is 2.44. The molecule has 0 spiro atoms. The van der Waals surface area contributed by atoms with Crippen LogP contribution in [0.3, 0.4) is 0 Å². The predicted molar refractivity (Wildman–Crippen MR) is 94.2 cm³/mol. The smallest absolute Gasteiger partial charge is 0.228 e. The van der Waals surface area contributed by atoms with Gasteiger partial charge in [-0.2, -0.15) is 0 Å². The summed E-state index contributed by atoms with van der Waals surface area (Å²) in [5.41, 5.74) is 3.88. The van der Waals surface area contributed by atoms with Crippen molar-refractivity contribution in [3.63, 3.8) is 0 Å². The van der Waals surface area contributed by atoms with Crippen LogP contribution in [-0.4, -0.2) is 17.6 Å². The van der Waals surface area contributed by atoms with Gasteiger partial charge in [0.2, 0.25) is 5.91 Å². The van der Waals surface area contributed by atoms with Gasteiger partial charge in [0.15, 0.2) is 0 Å². The van der Waals surface area contributed by atoms with Crippen molar-refractivity contribution in [1.29, 1.82) is 0 Å². The highest BCUT2D eigenvalue weighted by molar-refractivity contribution is 5.95. The second kappa shape index (κ2) is 7.05. The molecule has 4 heteroatoms. The van der Waals surface area contributed by atoms with Gasteiger partial charge in [-0.1, -0.05) is 24.3 Å². The fourth-order valence-electron chi connectivity index (χ4n) is 3.14. The molecular formula is C20H23NO3. The van der Waals surface area contributed by atoms with Gasteiger partial charge in [-0.05, 0) is 55.5 Å². The van der Waals surface area contributed by atoms with Gasteiger partial charge < -0.3 is 15.2 Å². The number of ether oxygens (including phenoxy) is 1. The van der Waals surface area contributed by atoms with E-state index in [4.69, 9.17) is 4.74 Å². The first-order valence-corrected chi connectivity index (χ1v) is 8.37. The van der Waals surface area contributed by atoms with Gasteiger partial charge in [-0.3, -0.25) is 4.79 Å². The third-order valence-electron chi connectivity index (χ3n) is 4.51. The quantitative estimate of drug-likeness (QED) is 0.852. The van der Waals surface area contributed by atoms with Crippen LogP contribution in [0, 0.1) is 12.8 Å². The molecule has 3 rings (SSSR count). The predicted octanol–water partition coefficient (Wildman–Crippen LogP) is 3.63. The highest BCUT2D eigenvalue weighted by atomic mass is 16.5. The maximum atomic E-state index is 12.5. The summed E-state index contributed by atoms with van der Waals surface area (Å²) >= 11 is 0. The zero-order valence-corrected chi connectivity index (χ0v) is 14.1. The number of nitrogens with one attached hydrogen (secondary N) is 1. The molecule has 0 aliphatic heterocycles. The summed E-state index contributed by atoms with van der Waals surface area (Å²) in [5, 5.41) is 12.4. The number of aliphatic hydroxyl groups excluding tert-OH is 1. The summed E-state index contributed by atoms with van der Waals surface area (Å²) in [6.45, 7) is 4.41. The van der Waals surface area contributed by atoms with Crippen molar-refractivity contribution in [3.05, 3.63) is 59.2 Å². The number of benzene rings is 2. The van der Waals surface area contributed by atoms with E-state index in [0.717, 1.165) is 6.42 Å². The number of rotatable bonds is 6. The number of hydrogen-bond acceptors (Lipinski definition) is 3. The van der Waals surface area contributed by atoms with Crippen molar-refractivity contribution in [2.75, 3.05) is 11.9 Å². The first-order valence-electron chi connectivity index (χ1n) is 8.37. The molecular weight excluding hydrogens is 302 g/mol. The summed E-state index contributed by atoms with van der Waals surface area (Å²) < 4.78 is 5.46. The van der Waals surface area contributed by atoms with Gasteiger partial charge in [0.25, 0.3) is 0 Å². The van der Waals surface area contributed by atoms with Crippen molar-refractivity contribution in [1.82, 2.24) is 0 Å². The van der Waals surface area contributed by atoms with Gasteiger partial charge in [0.1, 0.15) is 5.75 Å². The van der Waals surface area contributed by atoms with E-state index in [9.17, 15) is 9.90 Å². The molecule has 2 aromatic carbocycles. The lowest BCUT2D eigenvalue weighted by atomic mass is 10.0. The topological polar surface area (TPSA) is 58.6 Å². The van der Waals surface area contributed by atoms with Gasteiger partial charge in [0, 0.05) is 17.2 Å². The molecule has 0 saturated heterocycles. The van der Waals surface area contributed by atoms with Crippen molar-refractivity contribution >= 4 is 11.6 Å². The molecule has 0 bridgehead atoms. The fraction of sp³-hybridized carbons (Fsp3) is 0.350. The van der Waals surface area contributed by atoms with Crippen molar-refractivity contribution in [3.8, 4) is 5.75 Å². The number of carbonyl (C=O) groups excluding carboxylic acids is 1. The highest BCUT2D eigenvalue weighted by Crippen LogP contribution is 2.49. The number of amides is 1. The average Bonchev–Trinajstić information content (AvgIpc) is 3.37. The summed E-state index contributed by atoms with van der Waals surface area (Å²) in [4.78, 5) is 12.5. The Bertz CT molecular complexity index is 741. The Morgan fingerprint density at radius 2 is 2.08 bits per heavy atom. The molecule has 1 fully saturated rings. The Morgan fingerprint density at radius 3 is 2.79 bits per heavy atom. The van der Waals surface area contributed by atoms with Crippen LogP contribution in [0.15, 0.2) is 42.5 Å². The zero-order chi connectivity index (χ0) is 17.1. The molecule has 2 atom stereocenters. The molecule has 2 N–H and O–H groups in total. The number of aliphatic hydroxyl groups is 1. The first kappa shape index (κ1) is 16.5. The van der Waals surface area contributed by atoms with Crippen molar-refractivity contribution in [2.45, 2.75) is 32.8 Å². The number of carbonyl (C=O) groups is 1. The standard InChI is InChI=1S/C20H23NO3/c1-3-24-19-9-8-15(10-14(19)12-22)21-20(23)18-11-17(18)16-7-5-4-6-13(16)2/h4-10,17-18,22H,3,11-12H2,1-2H3,(H,21,23). The fourth-order valence-corrected chi connectivity index (χ4v) is 3.14. The van der Waals surface area contributed by atoms with Crippen molar-refractivity contribution in [2.24, 2.45) is 5.92 Å². The monoisotopic (exact) mass is 325 g/mol. The van der Waals surface area contributed by atoms with E-state index in [1.165, 1.54) is 11.1 Å². The number of anilines is 1. The van der Waals surface area contributed by atoms with E-state index >= 15 is 0 Å². The van der Waals surface area contributed by atoms with Gasteiger partial charge >= 0.3 is 0 Å². The SMILES string of the molecule is CCOc1ccc(NC(=O)C2CC2c2ccccc2C)cc1CO. The Kier molecular flexibility index (Phi) is 4.86. The lowest BCUT2D eigenvalue weighted by Crippen LogP contribution is -2.15. The van der Waals surface area contributed by atoms with Gasteiger partial charge in [0.05, 0.1) is 13.2 Å². The van der Waals surface area contributed by atoms with Crippen LogP contribution >= 0.6 is 0 Å². The normalized spacial score (nSPS) is 19.0. The Balaban J connectivity index is 1.67. The van der Waals surface area contributed by atoms with Gasteiger partial charge in [-0.15, -0.1) is 0 Å². The Hall–Kier alpha value is -2.33. The molecule has 126 valence electrons. The molecule has 1 amide bonds. The molecule has 1 aliphatic carbocycles. The minimum Gasteiger partial charge on any atom is -0.494 e. The Labute approximate surface area is 142 Å². The maximum absolute atomic E-state index is 12.5. The minimum absolute atomic E-state index is 0.0234. The minimum atomic E-state index is -0.117.